The van der Waals surface area contributed by atoms with Crippen molar-refractivity contribution in [3.63, 3.8) is 0 Å². The summed E-state index contributed by atoms with van der Waals surface area (Å²) in [5, 5.41) is 7.85. The first kappa shape index (κ1) is 23.7. The van der Waals surface area contributed by atoms with E-state index in [-0.39, 0.29) is 18.2 Å². The highest BCUT2D eigenvalue weighted by atomic mass is 35.5. The number of nitrogens with zero attached hydrogens (tertiary/aromatic N) is 2. The zero-order valence-corrected chi connectivity index (χ0v) is 18.2. The van der Waals surface area contributed by atoms with Crippen molar-refractivity contribution >= 4 is 12.4 Å². The minimum atomic E-state index is -4.73. The van der Waals surface area contributed by atoms with E-state index in [9.17, 15) is 13.2 Å². The SMILES string of the molecule is Cl.FC(F)(F)Oc1ccc(-c2cnn(C3CCNCC3)c2)c(OCC2CCCCC2)c1. The Hall–Kier alpha value is -1.93. The summed E-state index contributed by atoms with van der Waals surface area (Å²) < 4.78 is 50.2. The van der Waals surface area contributed by atoms with Gasteiger partial charge in [0.05, 0.1) is 18.8 Å². The van der Waals surface area contributed by atoms with E-state index in [2.05, 4.69) is 15.2 Å². The van der Waals surface area contributed by atoms with Crippen LogP contribution in [0.15, 0.2) is 30.6 Å². The van der Waals surface area contributed by atoms with Gasteiger partial charge in [-0.3, -0.25) is 4.68 Å². The first-order valence-corrected chi connectivity index (χ1v) is 10.8. The van der Waals surface area contributed by atoms with Crippen molar-refractivity contribution in [3.8, 4) is 22.6 Å². The lowest BCUT2D eigenvalue weighted by atomic mass is 9.90. The van der Waals surface area contributed by atoms with Crippen LogP contribution in [-0.4, -0.2) is 35.8 Å². The van der Waals surface area contributed by atoms with Crippen LogP contribution < -0.4 is 14.8 Å². The Morgan fingerprint density at radius 2 is 1.81 bits per heavy atom. The van der Waals surface area contributed by atoms with Crippen LogP contribution in [0.1, 0.15) is 51.0 Å². The number of hydrogen-bond donors (Lipinski definition) is 1. The van der Waals surface area contributed by atoms with Crippen molar-refractivity contribution in [1.82, 2.24) is 15.1 Å². The van der Waals surface area contributed by atoms with Crippen LogP contribution in [0.25, 0.3) is 11.1 Å². The van der Waals surface area contributed by atoms with Gasteiger partial charge in [0.25, 0.3) is 0 Å². The molecule has 1 saturated heterocycles. The molecule has 0 atom stereocenters. The summed E-state index contributed by atoms with van der Waals surface area (Å²) in [6, 6.07) is 4.63. The van der Waals surface area contributed by atoms with E-state index in [1.165, 1.54) is 31.4 Å². The minimum absolute atomic E-state index is 0. The highest BCUT2D eigenvalue weighted by molar-refractivity contribution is 5.85. The van der Waals surface area contributed by atoms with Crippen LogP contribution in [0.5, 0.6) is 11.5 Å². The molecule has 1 aliphatic carbocycles. The molecule has 1 aromatic carbocycles. The maximum Gasteiger partial charge on any atom is 0.573 e. The number of benzene rings is 1. The van der Waals surface area contributed by atoms with Crippen LogP contribution in [-0.2, 0) is 0 Å². The number of piperidine rings is 1. The van der Waals surface area contributed by atoms with Crippen molar-refractivity contribution in [2.75, 3.05) is 19.7 Å². The van der Waals surface area contributed by atoms with E-state index in [0.29, 0.717) is 24.3 Å². The molecule has 2 aliphatic rings. The molecule has 1 aliphatic heterocycles. The van der Waals surface area contributed by atoms with E-state index in [1.807, 2.05) is 10.9 Å². The van der Waals surface area contributed by atoms with Gasteiger partial charge in [-0.1, -0.05) is 19.3 Å². The lowest BCUT2D eigenvalue weighted by Gasteiger charge is -2.23. The van der Waals surface area contributed by atoms with E-state index in [4.69, 9.17) is 4.74 Å². The van der Waals surface area contributed by atoms with Crippen molar-refractivity contribution in [1.29, 1.82) is 0 Å². The molecule has 9 heteroatoms. The van der Waals surface area contributed by atoms with Crippen molar-refractivity contribution in [3.05, 3.63) is 30.6 Å². The topological polar surface area (TPSA) is 48.3 Å². The Labute approximate surface area is 186 Å². The Morgan fingerprint density at radius 1 is 1.06 bits per heavy atom. The molecule has 31 heavy (non-hydrogen) atoms. The zero-order valence-electron chi connectivity index (χ0n) is 17.4. The molecule has 0 bridgehead atoms. The third-order valence-corrected chi connectivity index (χ3v) is 5.98. The maximum atomic E-state index is 12.7. The molecule has 2 fully saturated rings. The number of nitrogens with one attached hydrogen (secondary N) is 1. The van der Waals surface area contributed by atoms with Gasteiger partial charge >= 0.3 is 6.36 Å². The first-order valence-electron chi connectivity index (χ1n) is 10.8. The largest absolute Gasteiger partial charge is 0.573 e. The fraction of sp³-hybridized carbons (Fsp3) is 0.591. The van der Waals surface area contributed by atoms with Crippen LogP contribution in [0.4, 0.5) is 13.2 Å². The Kier molecular flexibility index (Phi) is 8.11. The van der Waals surface area contributed by atoms with Gasteiger partial charge in [0, 0.05) is 23.4 Å². The van der Waals surface area contributed by atoms with E-state index in [0.717, 1.165) is 49.9 Å². The molecule has 0 amide bonds. The second-order valence-corrected chi connectivity index (χ2v) is 8.21. The number of ether oxygens (including phenoxy) is 2. The molecular weight excluding hydrogens is 431 g/mol. The predicted octanol–water partition coefficient (Wildman–Crippen LogP) is 5.75. The van der Waals surface area contributed by atoms with E-state index < -0.39 is 6.36 Å². The average Bonchev–Trinajstić information content (AvgIpc) is 3.23. The first-order chi connectivity index (χ1) is 14.5. The van der Waals surface area contributed by atoms with Crippen molar-refractivity contribution < 1.29 is 22.6 Å². The van der Waals surface area contributed by atoms with E-state index in [1.54, 1.807) is 12.3 Å². The average molecular weight is 460 g/mol. The van der Waals surface area contributed by atoms with Gasteiger partial charge in [-0.25, -0.2) is 0 Å². The molecule has 4 rings (SSSR count). The Balaban J connectivity index is 0.00000272. The summed E-state index contributed by atoms with van der Waals surface area (Å²) in [5.41, 5.74) is 1.58. The van der Waals surface area contributed by atoms with Gasteiger partial charge in [-0.15, -0.1) is 25.6 Å². The second-order valence-electron chi connectivity index (χ2n) is 8.21. The highest BCUT2D eigenvalue weighted by Crippen LogP contribution is 2.37. The summed E-state index contributed by atoms with van der Waals surface area (Å²) >= 11 is 0. The quantitative estimate of drug-likeness (QED) is 0.597. The summed E-state index contributed by atoms with van der Waals surface area (Å²) in [4.78, 5) is 0. The fourth-order valence-electron chi connectivity index (χ4n) is 4.37. The lowest BCUT2D eigenvalue weighted by molar-refractivity contribution is -0.274. The summed E-state index contributed by atoms with van der Waals surface area (Å²) in [6.45, 7) is 2.42. The highest BCUT2D eigenvalue weighted by Gasteiger charge is 2.31. The van der Waals surface area contributed by atoms with Gasteiger partial charge in [0.15, 0.2) is 0 Å². The lowest BCUT2D eigenvalue weighted by Crippen LogP contribution is -2.29. The molecular formula is C22H29ClF3N3O2. The number of alkyl halides is 3. The Morgan fingerprint density at radius 3 is 2.52 bits per heavy atom. The summed E-state index contributed by atoms with van der Waals surface area (Å²) in [7, 11) is 0. The van der Waals surface area contributed by atoms with Crippen molar-refractivity contribution in [2.45, 2.75) is 57.3 Å². The molecule has 2 heterocycles. The summed E-state index contributed by atoms with van der Waals surface area (Å²) in [5.74, 6) is 0.582. The molecule has 172 valence electrons. The normalized spacial score (nSPS) is 18.4. The third-order valence-electron chi connectivity index (χ3n) is 5.98. The molecule has 2 aromatic rings. The second kappa shape index (κ2) is 10.6. The molecule has 0 radical (unpaired) electrons. The van der Waals surface area contributed by atoms with Gasteiger partial charge in [0.1, 0.15) is 11.5 Å². The fourth-order valence-corrected chi connectivity index (χ4v) is 4.37. The molecule has 1 saturated carbocycles. The minimum Gasteiger partial charge on any atom is -0.493 e. The molecule has 0 spiro atoms. The van der Waals surface area contributed by atoms with Gasteiger partial charge in [-0.05, 0) is 56.8 Å². The predicted molar refractivity (Wildman–Crippen MR) is 115 cm³/mol. The molecule has 1 aromatic heterocycles. The van der Waals surface area contributed by atoms with Gasteiger partial charge < -0.3 is 14.8 Å². The standard InChI is InChI=1S/C22H28F3N3O2.ClH/c23-22(24,25)30-19-6-7-20(21(12-19)29-15-16-4-2-1-3-5-16)17-13-27-28(14-17)18-8-10-26-11-9-18;/h6-7,12-14,16,18,26H,1-5,8-11,15H2;1H. The van der Waals surface area contributed by atoms with Crippen LogP contribution in [0.2, 0.25) is 0 Å². The number of rotatable bonds is 6. The molecule has 5 nitrogen and oxygen atoms in total. The van der Waals surface area contributed by atoms with Gasteiger partial charge in [-0.2, -0.15) is 5.10 Å². The van der Waals surface area contributed by atoms with Crippen LogP contribution in [0.3, 0.4) is 0 Å². The Bertz CT molecular complexity index is 832. The monoisotopic (exact) mass is 459 g/mol. The van der Waals surface area contributed by atoms with Crippen LogP contribution in [0, 0.1) is 5.92 Å². The van der Waals surface area contributed by atoms with E-state index >= 15 is 0 Å². The molecule has 1 N–H and O–H groups in total. The maximum absolute atomic E-state index is 12.7. The van der Waals surface area contributed by atoms with Gasteiger partial charge in [0.2, 0.25) is 0 Å². The summed E-state index contributed by atoms with van der Waals surface area (Å²) in [6.07, 6.45) is 6.80. The van der Waals surface area contributed by atoms with Crippen molar-refractivity contribution in [2.24, 2.45) is 5.92 Å². The molecule has 0 unspecified atom stereocenters. The third kappa shape index (κ3) is 6.53. The number of halogens is 4. The van der Waals surface area contributed by atoms with Crippen LogP contribution >= 0.6 is 12.4 Å². The zero-order chi connectivity index (χ0) is 21.0. The number of hydrogen-bond acceptors (Lipinski definition) is 4. The number of aromatic nitrogens is 2. The smallest absolute Gasteiger partial charge is 0.493 e.